The van der Waals surface area contributed by atoms with Crippen LogP contribution in [0.25, 0.3) is 0 Å². The van der Waals surface area contributed by atoms with Crippen LogP contribution in [0.5, 0.6) is 0 Å². The summed E-state index contributed by atoms with van der Waals surface area (Å²) in [6.45, 7) is 10.5. The fourth-order valence-electron chi connectivity index (χ4n) is 2.23. The first-order valence-electron chi connectivity index (χ1n) is 6.39. The molecule has 0 saturated carbocycles. The Kier molecular flexibility index (Phi) is 5.15. The molecule has 1 rings (SSSR count). The predicted molar refractivity (Wildman–Crippen MR) is 71.9 cm³/mol. The van der Waals surface area contributed by atoms with Gasteiger partial charge in [-0.1, -0.05) is 13.8 Å². The monoisotopic (exact) mass is 238 g/mol. The van der Waals surface area contributed by atoms with Crippen molar-refractivity contribution >= 4 is 0 Å². The Hall–Kier alpha value is -0.870. The van der Waals surface area contributed by atoms with Crippen LogP contribution in [0.3, 0.4) is 0 Å². The zero-order valence-corrected chi connectivity index (χ0v) is 11.7. The highest BCUT2D eigenvalue weighted by Crippen LogP contribution is 2.21. The first-order valence-corrected chi connectivity index (χ1v) is 6.39. The van der Waals surface area contributed by atoms with Gasteiger partial charge in [-0.2, -0.15) is 0 Å². The molecule has 0 aliphatic carbocycles. The second-order valence-electron chi connectivity index (χ2n) is 5.40. The van der Waals surface area contributed by atoms with Crippen molar-refractivity contribution in [2.45, 2.75) is 39.8 Å². The highest BCUT2D eigenvalue weighted by Gasteiger charge is 2.20. The highest BCUT2D eigenvalue weighted by molar-refractivity contribution is 5.07. The number of aromatic nitrogens is 2. The lowest BCUT2D eigenvalue weighted by molar-refractivity contribution is 0.214. The van der Waals surface area contributed by atoms with E-state index in [1.807, 2.05) is 12.5 Å². The van der Waals surface area contributed by atoms with Gasteiger partial charge in [-0.15, -0.1) is 0 Å². The summed E-state index contributed by atoms with van der Waals surface area (Å²) in [5.74, 6) is 0.643. The molecule has 17 heavy (non-hydrogen) atoms. The van der Waals surface area contributed by atoms with E-state index in [0.717, 1.165) is 6.54 Å². The molecule has 0 saturated heterocycles. The van der Waals surface area contributed by atoms with Crippen molar-refractivity contribution in [2.24, 2.45) is 11.7 Å². The summed E-state index contributed by atoms with van der Waals surface area (Å²) >= 11 is 0. The molecule has 0 aliphatic heterocycles. The number of nitrogens with two attached hydrogens (primary N) is 1. The van der Waals surface area contributed by atoms with Gasteiger partial charge in [0.1, 0.15) is 0 Å². The topological polar surface area (TPSA) is 47.1 Å². The van der Waals surface area contributed by atoms with Crippen molar-refractivity contribution in [3.63, 3.8) is 0 Å². The van der Waals surface area contributed by atoms with Gasteiger partial charge < -0.3 is 10.3 Å². The first kappa shape index (κ1) is 14.2. The quantitative estimate of drug-likeness (QED) is 0.825. The molecule has 1 heterocycles. The summed E-state index contributed by atoms with van der Waals surface area (Å²) in [4.78, 5) is 6.57. The molecule has 1 unspecified atom stereocenters. The number of likely N-dealkylation sites (N-methyl/N-ethyl adjacent to an activating group) is 1. The lowest BCUT2D eigenvalue weighted by atomic mass is 10.1. The maximum atomic E-state index is 5.93. The van der Waals surface area contributed by atoms with Crippen LogP contribution in [0.2, 0.25) is 0 Å². The van der Waals surface area contributed by atoms with E-state index in [2.05, 4.69) is 49.2 Å². The third-order valence-corrected chi connectivity index (χ3v) is 3.00. The van der Waals surface area contributed by atoms with Gasteiger partial charge in [0.15, 0.2) is 0 Å². The average molecular weight is 238 g/mol. The van der Waals surface area contributed by atoms with E-state index < -0.39 is 0 Å². The minimum atomic E-state index is 0.252. The third-order valence-electron chi connectivity index (χ3n) is 3.00. The lowest BCUT2D eigenvalue weighted by Gasteiger charge is -2.29. The molecular formula is C13H26N4. The van der Waals surface area contributed by atoms with Crippen LogP contribution in [-0.4, -0.2) is 34.6 Å². The Balaban J connectivity index is 2.89. The molecule has 1 aromatic rings. The molecule has 0 bridgehead atoms. The van der Waals surface area contributed by atoms with Gasteiger partial charge >= 0.3 is 0 Å². The van der Waals surface area contributed by atoms with E-state index >= 15 is 0 Å². The van der Waals surface area contributed by atoms with Gasteiger partial charge in [-0.3, -0.25) is 4.90 Å². The lowest BCUT2D eigenvalue weighted by Crippen LogP contribution is -2.34. The minimum Gasteiger partial charge on any atom is -0.331 e. The average Bonchev–Trinajstić information content (AvgIpc) is 2.66. The number of imidazole rings is 1. The predicted octanol–water partition coefficient (Wildman–Crippen LogP) is 2.05. The van der Waals surface area contributed by atoms with E-state index in [1.165, 1.54) is 5.69 Å². The smallest absolute Gasteiger partial charge is 0.0951 e. The van der Waals surface area contributed by atoms with E-state index in [4.69, 9.17) is 5.73 Å². The molecule has 0 amide bonds. The maximum Gasteiger partial charge on any atom is 0.0951 e. The van der Waals surface area contributed by atoms with Crippen molar-refractivity contribution in [3.8, 4) is 0 Å². The summed E-state index contributed by atoms with van der Waals surface area (Å²) in [6.07, 6.45) is 3.83. The molecule has 98 valence electrons. The zero-order chi connectivity index (χ0) is 13.0. The first-order chi connectivity index (χ1) is 7.97. The Morgan fingerprint density at radius 2 is 2.00 bits per heavy atom. The van der Waals surface area contributed by atoms with Gasteiger partial charge in [0, 0.05) is 25.3 Å². The van der Waals surface area contributed by atoms with Crippen molar-refractivity contribution in [2.75, 3.05) is 20.1 Å². The molecule has 1 aromatic heterocycles. The number of nitrogens with zero attached hydrogens (tertiary/aromatic N) is 3. The Morgan fingerprint density at radius 3 is 2.47 bits per heavy atom. The summed E-state index contributed by atoms with van der Waals surface area (Å²) in [5, 5.41) is 0. The Morgan fingerprint density at radius 1 is 1.35 bits per heavy atom. The Bertz CT molecular complexity index is 330. The van der Waals surface area contributed by atoms with E-state index in [9.17, 15) is 0 Å². The molecule has 0 aliphatic rings. The fraction of sp³-hybridized carbons (Fsp3) is 0.769. The normalized spacial score (nSPS) is 13.9. The summed E-state index contributed by atoms with van der Waals surface area (Å²) in [6, 6.07) is 0.677. The van der Waals surface area contributed by atoms with Gasteiger partial charge in [-0.05, 0) is 26.8 Å². The third kappa shape index (κ3) is 3.54. The Labute approximate surface area is 105 Å². The second kappa shape index (κ2) is 6.17. The van der Waals surface area contributed by atoms with Crippen molar-refractivity contribution < 1.29 is 0 Å². The molecule has 4 nitrogen and oxygen atoms in total. The molecule has 0 radical (unpaired) electrons. The van der Waals surface area contributed by atoms with Gasteiger partial charge in [0.25, 0.3) is 0 Å². The summed E-state index contributed by atoms with van der Waals surface area (Å²) < 4.78 is 2.20. The summed E-state index contributed by atoms with van der Waals surface area (Å²) in [5.41, 5.74) is 7.14. The van der Waals surface area contributed by atoms with Crippen LogP contribution in [0.15, 0.2) is 12.5 Å². The van der Waals surface area contributed by atoms with Crippen LogP contribution in [0.4, 0.5) is 0 Å². The van der Waals surface area contributed by atoms with E-state index in [-0.39, 0.29) is 6.04 Å². The number of hydrogen-bond acceptors (Lipinski definition) is 3. The molecular weight excluding hydrogens is 212 g/mol. The van der Waals surface area contributed by atoms with Crippen molar-refractivity contribution in [3.05, 3.63) is 18.2 Å². The molecule has 1 atom stereocenters. The number of rotatable bonds is 6. The molecule has 0 spiro atoms. The number of hydrogen-bond donors (Lipinski definition) is 1. The second-order valence-corrected chi connectivity index (χ2v) is 5.40. The molecule has 0 fully saturated rings. The van der Waals surface area contributed by atoms with Crippen molar-refractivity contribution in [1.82, 2.24) is 14.5 Å². The van der Waals surface area contributed by atoms with Crippen LogP contribution in [-0.2, 0) is 0 Å². The van der Waals surface area contributed by atoms with Crippen LogP contribution < -0.4 is 5.73 Å². The largest absolute Gasteiger partial charge is 0.331 e. The van der Waals surface area contributed by atoms with E-state index in [1.54, 1.807) is 0 Å². The molecule has 2 N–H and O–H groups in total. The van der Waals surface area contributed by atoms with Gasteiger partial charge in [0.05, 0.1) is 18.1 Å². The molecule has 4 heteroatoms. The van der Waals surface area contributed by atoms with Crippen LogP contribution >= 0.6 is 0 Å². The SMILES string of the molecule is CC(C)CN(C)C(CN)c1cncn1C(C)C. The maximum absolute atomic E-state index is 5.93. The van der Waals surface area contributed by atoms with Crippen LogP contribution in [0.1, 0.15) is 45.5 Å². The summed E-state index contributed by atoms with van der Waals surface area (Å²) in [7, 11) is 2.13. The fourth-order valence-corrected chi connectivity index (χ4v) is 2.23. The zero-order valence-electron chi connectivity index (χ0n) is 11.7. The van der Waals surface area contributed by atoms with Gasteiger partial charge in [0.2, 0.25) is 0 Å². The van der Waals surface area contributed by atoms with E-state index in [0.29, 0.717) is 18.5 Å². The molecule has 0 aromatic carbocycles. The van der Waals surface area contributed by atoms with Crippen molar-refractivity contribution in [1.29, 1.82) is 0 Å². The van der Waals surface area contributed by atoms with Crippen LogP contribution in [0, 0.1) is 5.92 Å². The standard InChI is InChI=1S/C13H26N4/c1-10(2)8-16(5)12(6-14)13-7-15-9-17(13)11(3)4/h7,9-12H,6,8,14H2,1-5H3. The highest BCUT2D eigenvalue weighted by atomic mass is 15.2. The van der Waals surface area contributed by atoms with Gasteiger partial charge in [-0.25, -0.2) is 4.98 Å². The minimum absolute atomic E-state index is 0.252.